The number of hydrogen-bond donors (Lipinski definition) is 0. The van der Waals surface area contributed by atoms with Crippen molar-refractivity contribution in [1.82, 2.24) is 0 Å². The van der Waals surface area contributed by atoms with Gasteiger partial charge in [-0.1, -0.05) is 71.7 Å². The van der Waals surface area contributed by atoms with E-state index in [1.54, 1.807) is 12.1 Å². The quantitative estimate of drug-likeness (QED) is 0.141. The number of rotatable bonds is 5. The third kappa shape index (κ3) is 5.22. The number of benzene rings is 4. The summed E-state index contributed by atoms with van der Waals surface area (Å²) in [6.07, 6.45) is 1.89. The fourth-order valence-electron chi connectivity index (χ4n) is 3.22. The van der Waals surface area contributed by atoms with E-state index < -0.39 is 0 Å². The first-order valence-electron chi connectivity index (χ1n) is 9.51. The van der Waals surface area contributed by atoms with Crippen molar-refractivity contribution in [2.24, 2.45) is 0 Å². The van der Waals surface area contributed by atoms with Crippen molar-refractivity contribution < 1.29 is 4.74 Å². The van der Waals surface area contributed by atoms with Gasteiger partial charge in [0.25, 0.3) is 0 Å². The Hall–Kier alpha value is -2.52. The van der Waals surface area contributed by atoms with Gasteiger partial charge >= 0.3 is 0 Å². The van der Waals surface area contributed by atoms with Gasteiger partial charge in [-0.05, 0) is 80.9 Å². The molecule has 31 heavy (non-hydrogen) atoms. The maximum Gasteiger partial charge on any atom is 0.133 e. The Balaban J connectivity index is 1.55. The van der Waals surface area contributed by atoms with Crippen LogP contribution in [0.4, 0.5) is 0 Å². The van der Waals surface area contributed by atoms with Gasteiger partial charge in [-0.15, -0.1) is 0 Å². The second-order valence-electron chi connectivity index (χ2n) is 6.95. The molecule has 0 unspecified atom stereocenters. The van der Waals surface area contributed by atoms with Crippen LogP contribution in [0.2, 0.25) is 10.0 Å². The van der Waals surface area contributed by atoms with Crippen molar-refractivity contribution in [2.45, 2.75) is 6.61 Å². The van der Waals surface area contributed by atoms with Gasteiger partial charge in [-0.3, -0.25) is 0 Å². The summed E-state index contributed by atoms with van der Waals surface area (Å²) in [6.45, 7) is 0.349. The van der Waals surface area contributed by atoms with Crippen LogP contribution in [0.15, 0.2) is 78.9 Å². The molecule has 0 aliphatic rings. The lowest BCUT2D eigenvalue weighted by Gasteiger charge is -2.10. The van der Waals surface area contributed by atoms with Crippen LogP contribution < -0.4 is 4.74 Å². The third-order valence-corrected chi connectivity index (χ3v) is 6.28. The van der Waals surface area contributed by atoms with Crippen LogP contribution in [0.5, 0.6) is 5.75 Å². The number of fused-ring (bicyclic) bond motifs is 1. The molecule has 0 radical (unpaired) electrons. The highest BCUT2D eigenvalue weighted by molar-refractivity contribution is 14.1. The largest absolute Gasteiger partial charge is 0.488 e. The van der Waals surface area contributed by atoms with E-state index in [0.717, 1.165) is 36.8 Å². The molecule has 0 heterocycles. The van der Waals surface area contributed by atoms with Gasteiger partial charge in [-0.2, -0.15) is 5.26 Å². The summed E-state index contributed by atoms with van der Waals surface area (Å²) in [4.78, 5) is 0. The second kappa shape index (κ2) is 9.74. The monoisotopic (exact) mass is 555 g/mol. The number of nitriles is 1. The lowest BCUT2D eigenvalue weighted by molar-refractivity contribution is 0.304. The Morgan fingerprint density at radius 2 is 1.74 bits per heavy atom. The molecule has 0 spiro atoms. The van der Waals surface area contributed by atoms with E-state index in [9.17, 15) is 5.26 Å². The summed E-state index contributed by atoms with van der Waals surface area (Å²) >= 11 is 14.4. The van der Waals surface area contributed by atoms with E-state index in [2.05, 4.69) is 40.8 Å². The van der Waals surface area contributed by atoms with Crippen LogP contribution in [-0.4, -0.2) is 0 Å². The number of halogens is 3. The SMILES string of the molecule is N#C/C(=C/c1ccc(OCc2ccc(Cl)cc2Cl)c(I)c1)c1ccc2ccccc2c1. The molecule has 0 bridgehead atoms. The summed E-state index contributed by atoms with van der Waals surface area (Å²) in [5.74, 6) is 0.757. The fourth-order valence-corrected chi connectivity index (χ4v) is 4.38. The molecule has 0 saturated heterocycles. The van der Waals surface area contributed by atoms with Gasteiger partial charge in [-0.25, -0.2) is 0 Å². The molecular formula is C26H16Cl2INO. The van der Waals surface area contributed by atoms with Crippen molar-refractivity contribution in [3.63, 3.8) is 0 Å². The molecule has 5 heteroatoms. The average Bonchev–Trinajstić information content (AvgIpc) is 2.77. The number of ether oxygens (including phenoxy) is 1. The number of nitrogens with zero attached hydrogens (tertiary/aromatic N) is 1. The van der Waals surface area contributed by atoms with Gasteiger partial charge in [0.1, 0.15) is 12.4 Å². The van der Waals surface area contributed by atoms with Crippen LogP contribution in [0.1, 0.15) is 16.7 Å². The van der Waals surface area contributed by atoms with Gasteiger partial charge in [0.15, 0.2) is 0 Å². The molecule has 0 fully saturated rings. The van der Waals surface area contributed by atoms with E-state index in [-0.39, 0.29) is 0 Å². The molecule has 0 saturated carbocycles. The highest BCUT2D eigenvalue weighted by atomic mass is 127. The summed E-state index contributed by atoms with van der Waals surface area (Å²) in [7, 11) is 0. The summed E-state index contributed by atoms with van der Waals surface area (Å²) in [5.41, 5.74) is 3.32. The minimum absolute atomic E-state index is 0.349. The van der Waals surface area contributed by atoms with Crippen molar-refractivity contribution in [3.05, 3.63) is 109 Å². The Morgan fingerprint density at radius 1 is 0.935 bits per heavy atom. The number of hydrogen-bond acceptors (Lipinski definition) is 2. The highest BCUT2D eigenvalue weighted by Crippen LogP contribution is 2.28. The first-order valence-corrected chi connectivity index (χ1v) is 11.3. The molecule has 2 nitrogen and oxygen atoms in total. The lowest BCUT2D eigenvalue weighted by Crippen LogP contribution is -1.98. The fraction of sp³-hybridized carbons (Fsp3) is 0.0385. The molecule has 0 aliphatic heterocycles. The molecular weight excluding hydrogens is 540 g/mol. The van der Waals surface area contributed by atoms with Crippen LogP contribution in [-0.2, 0) is 6.61 Å². The zero-order chi connectivity index (χ0) is 21.8. The van der Waals surface area contributed by atoms with Crippen LogP contribution in [0, 0.1) is 14.9 Å². The Bertz CT molecular complexity index is 1340. The predicted octanol–water partition coefficient (Wildman–Crippen LogP) is 8.39. The van der Waals surface area contributed by atoms with E-state index in [1.165, 1.54) is 0 Å². The maximum atomic E-state index is 9.73. The highest BCUT2D eigenvalue weighted by Gasteiger charge is 2.07. The molecule has 0 N–H and O–H groups in total. The maximum absolute atomic E-state index is 9.73. The molecule has 4 aromatic carbocycles. The standard InChI is InChI=1S/C26H16Cl2INO/c27-23-9-8-21(24(28)14-23)16-31-26-10-5-17(12-25(26)29)11-22(15-30)20-7-6-18-3-1-2-4-19(18)13-20/h1-14H,16H2/b22-11-. The van der Waals surface area contributed by atoms with Crippen LogP contribution >= 0.6 is 45.8 Å². The molecule has 4 aromatic rings. The topological polar surface area (TPSA) is 33.0 Å². The Labute approximate surface area is 204 Å². The molecule has 0 aromatic heterocycles. The summed E-state index contributed by atoms with van der Waals surface area (Å²) < 4.78 is 6.89. The molecule has 0 amide bonds. The normalized spacial score (nSPS) is 11.4. The van der Waals surface area contributed by atoms with Crippen molar-refractivity contribution in [2.75, 3.05) is 0 Å². The summed E-state index contributed by atoms with van der Waals surface area (Å²) in [6, 6.07) is 27.7. The van der Waals surface area contributed by atoms with E-state index >= 15 is 0 Å². The number of allylic oxidation sites excluding steroid dienone is 1. The predicted molar refractivity (Wildman–Crippen MR) is 137 cm³/mol. The Morgan fingerprint density at radius 3 is 2.48 bits per heavy atom. The zero-order valence-corrected chi connectivity index (χ0v) is 19.9. The first-order chi connectivity index (χ1) is 15.0. The van der Waals surface area contributed by atoms with Crippen molar-refractivity contribution in [3.8, 4) is 11.8 Å². The smallest absolute Gasteiger partial charge is 0.133 e. The molecule has 4 rings (SSSR count). The van der Waals surface area contributed by atoms with Gasteiger partial charge in [0.2, 0.25) is 0 Å². The zero-order valence-electron chi connectivity index (χ0n) is 16.3. The van der Waals surface area contributed by atoms with Crippen molar-refractivity contribution in [1.29, 1.82) is 5.26 Å². The van der Waals surface area contributed by atoms with E-state index in [4.69, 9.17) is 27.9 Å². The minimum atomic E-state index is 0.349. The average molecular weight is 556 g/mol. The molecule has 152 valence electrons. The van der Waals surface area contributed by atoms with Gasteiger partial charge in [0.05, 0.1) is 15.2 Å². The van der Waals surface area contributed by atoms with E-state index in [1.807, 2.05) is 60.7 Å². The summed E-state index contributed by atoms with van der Waals surface area (Å²) in [5, 5.41) is 13.2. The van der Waals surface area contributed by atoms with Crippen LogP contribution in [0.3, 0.4) is 0 Å². The van der Waals surface area contributed by atoms with E-state index in [0.29, 0.717) is 22.2 Å². The van der Waals surface area contributed by atoms with Crippen LogP contribution in [0.25, 0.3) is 22.4 Å². The second-order valence-corrected chi connectivity index (χ2v) is 8.95. The van der Waals surface area contributed by atoms with Crippen molar-refractivity contribution >= 4 is 68.2 Å². The minimum Gasteiger partial charge on any atom is -0.488 e. The first kappa shape index (κ1) is 21.7. The van der Waals surface area contributed by atoms with Gasteiger partial charge in [0, 0.05) is 15.6 Å². The third-order valence-electron chi connectivity index (χ3n) is 4.85. The lowest BCUT2D eigenvalue weighted by atomic mass is 10.0. The molecule has 0 aliphatic carbocycles. The molecule has 0 atom stereocenters. The Kier molecular flexibility index (Phi) is 6.82. The van der Waals surface area contributed by atoms with Gasteiger partial charge < -0.3 is 4.74 Å².